The van der Waals surface area contributed by atoms with Gasteiger partial charge >= 0.3 is 0 Å². The van der Waals surface area contributed by atoms with Crippen LogP contribution in [-0.4, -0.2) is 77.6 Å². The third kappa shape index (κ3) is 5.51. The molecular formula is C18H29N3O4S. The molecule has 1 aromatic carbocycles. The summed E-state index contributed by atoms with van der Waals surface area (Å²) in [5.74, 6) is -0.142. The summed E-state index contributed by atoms with van der Waals surface area (Å²) in [5.41, 5.74) is 0.392. The molecule has 7 nitrogen and oxygen atoms in total. The lowest BCUT2D eigenvalue weighted by molar-refractivity contribution is 0.0428. The quantitative estimate of drug-likeness (QED) is 0.729. The van der Waals surface area contributed by atoms with Gasteiger partial charge in [-0.25, -0.2) is 13.1 Å². The molecule has 146 valence electrons. The number of piperidine rings is 1. The summed E-state index contributed by atoms with van der Waals surface area (Å²) in [4.78, 5) is 16.7. The molecule has 1 aromatic rings. The molecule has 1 aliphatic heterocycles. The molecule has 1 heterocycles. The molecule has 0 aliphatic carbocycles. The molecule has 1 aliphatic rings. The Balaban J connectivity index is 2.15. The van der Waals surface area contributed by atoms with E-state index in [-0.39, 0.29) is 16.8 Å². The number of carbonyl (C=O) groups excluding carboxylic acids is 1. The number of nitrogens with one attached hydrogen (secondary N) is 1. The molecule has 8 heteroatoms. The Kier molecular flexibility index (Phi) is 7.57. The van der Waals surface area contributed by atoms with Gasteiger partial charge in [0.15, 0.2) is 0 Å². The van der Waals surface area contributed by atoms with Gasteiger partial charge in [-0.15, -0.1) is 0 Å². The van der Waals surface area contributed by atoms with Crippen LogP contribution in [0.15, 0.2) is 29.2 Å². The van der Waals surface area contributed by atoms with Gasteiger partial charge in [-0.2, -0.15) is 0 Å². The summed E-state index contributed by atoms with van der Waals surface area (Å²) >= 11 is 0. The maximum atomic E-state index is 12.9. The summed E-state index contributed by atoms with van der Waals surface area (Å²) in [7, 11) is 1.75. The number of amides is 1. The van der Waals surface area contributed by atoms with Gasteiger partial charge in [0.25, 0.3) is 5.91 Å². The number of benzene rings is 1. The van der Waals surface area contributed by atoms with E-state index < -0.39 is 10.0 Å². The van der Waals surface area contributed by atoms with Crippen molar-refractivity contribution in [2.75, 3.05) is 47.4 Å². The van der Waals surface area contributed by atoms with Crippen molar-refractivity contribution in [3.63, 3.8) is 0 Å². The van der Waals surface area contributed by atoms with E-state index in [1.54, 1.807) is 24.1 Å². The van der Waals surface area contributed by atoms with Gasteiger partial charge in [0, 0.05) is 32.3 Å². The summed E-state index contributed by atoms with van der Waals surface area (Å²) in [6, 6.07) is 6.29. The Bertz CT molecular complexity index is 704. The van der Waals surface area contributed by atoms with Crippen LogP contribution in [0.25, 0.3) is 0 Å². The van der Waals surface area contributed by atoms with Crippen molar-refractivity contribution in [1.29, 1.82) is 0 Å². The first-order valence-electron chi connectivity index (χ1n) is 8.89. The zero-order chi connectivity index (χ0) is 19.2. The highest BCUT2D eigenvalue weighted by Gasteiger charge is 2.28. The number of hydrogen-bond acceptors (Lipinski definition) is 5. The minimum atomic E-state index is -3.64. The predicted molar refractivity (Wildman–Crippen MR) is 101 cm³/mol. The highest BCUT2D eigenvalue weighted by molar-refractivity contribution is 7.89. The monoisotopic (exact) mass is 383 g/mol. The topological polar surface area (TPSA) is 78.9 Å². The van der Waals surface area contributed by atoms with E-state index in [0.717, 1.165) is 19.3 Å². The Morgan fingerprint density at radius 2 is 2.12 bits per heavy atom. The maximum absolute atomic E-state index is 12.9. The fraction of sp³-hybridized carbons (Fsp3) is 0.611. The smallest absolute Gasteiger partial charge is 0.254 e. The average Bonchev–Trinajstić information content (AvgIpc) is 2.61. The van der Waals surface area contributed by atoms with Crippen molar-refractivity contribution in [3.8, 4) is 0 Å². The predicted octanol–water partition coefficient (Wildman–Crippen LogP) is 1.17. The van der Waals surface area contributed by atoms with E-state index in [4.69, 9.17) is 4.74 Å². The van der Waals surface area contributed by atoms with Crippen molar-refractivity contribution in [2.45, 2.75) is 30.2 Å². The number of sulfonamides is 1. The maximum Gasteiger partial charge on any atom is 0.254 e. The highest BCUT2D eigenvalue weighted by Crippen LogP contribution is 2.21. The summed E-state index contributed by atoms with van der Waals surface area (Å²) in [6.45, 7) is 2.08. The van der Waals surface area contributed by atoms with Gasteiger partial charge in [-0.05, 0) is 51.6 Å². The SMILES string of the molecule is COC[C@H]1CCCCN1C(=O)c1cccc(S(=O)(=O)NCCN(C)C)c1. The second-order valence-electron chi connectivity index (χ2n) is 6.83. The Morgan fingerprint density at radius 3 is 2.81 bits per heavy atom. The molecular weight excluding hydrogens is 354 g/mol. The van der Waals surface area contributed by atoms with Gasteiger partial charge in [0.1, 0.15) is 0 Å². The van der Waals surface area contributed by atoms with Gasteiger partial charge in [0.2, 0.25) is 10.0 Å². The first-order chi connectivity index (χ1) is 12.3. The summed E-state index contributed by atoms with van der Waals surface area (Å²) in [6.07, 6.45) is 2.93. The fourth-order valence-corrected chi connectivity index (χ4v) is 4.15. The van der Waals surface area contributed by atoms with E-state index in [1.165, 1.54) is 12.1 Å². The fourth-order valence-electron chi connectivity index (χ4n) is 3.08. The number of carbonyl (C=O) groups is 1. The van der Waals surface area contributed by atoms with Crippen LogP contribution in [0, 0.1) is 0 Å². The number of likely N-dealkylation sites (tertiary alicyclic amines) is 1. The van der Waals surface area contributed by atoms with Crippen LogP contribution in [0.4, 0.5) is 0 Å². The Hall–Kier alpha value is -1.48. The molecule has 0 spiro atoms. The summed E-state index contributed by atoms with van der Waals surface area (Å²) < 4.78 is 32.7. The third-order valence-corrected chi connectivity index (χ3v) is 5.95. The number of likely N-dealkylation sites (N-methyl/N-ethyl adjacent to an activating group) is 1. The van der Waals surface area contributed by atoms with Gasteiger partial charge in [-0.1, -0.05) is 6.07 Å². The van der Waals surface area contributed by atoms with Crippen molar-refractivity contribution < 1.29 is 17.9 Å². The Labute approximate surface area is 156 Å². The van der Waals surface area contributed by atoms with Gasteiger partial charge in [-0.3, -0.25) is 4.79 Å². The normalized spacial score (nSPS) is 18.3. The molecule has 1 amide bonds. The molecule has 0 unspecified atom stereocenters. The molecule has 0 bridgehead atoms. The molecule has 1 fully saturated rings. The number of nitrogens with zero attached hydrogens (tertiary/aromatic N) is 2. The van der Waals surface area contributed by atoms with Gasteiger partial charge < -0.3 is 14.5 Å². The summed E-state index contributed by atoms with van der Waals surface area (Å²) in [5, 5.41) is 0. The van der Waals surface area contributed by atoms with Crippen LogP contribution >= 0.6 is 0 Å². The molecule has 1 saturated heterocycles. The zero-order valence-electron chi connectivity index (χ0n) is 15.8. The lowest BCUT2D eigenvalue weighted by atomic mass is 10.0. The van der Waals surface area contributed by atoms with E-state index >= 15 is 0 Å². The van der Waals surface area contributed by atoms with Crippen molar-refractivity contribution in [1.82, 2.24) is 14.5 Å². The van der Waals surface area contributed by atoms with Crippen molar-refractivity contribution in [3.05, 3.63) is 29.8 Å². The number of ether oxygens (including phenoxy) is 1. The molecule has 0 radical (unpaired) electrons. The molecule has 0 saturated carbocycles. The zero-order valence-corrected chi connectivity index (χ0v) is 16.6. The minimum absolute atomic E-state index is 0.0414. The van der Waals surface area contributed by atoms with Crippen molar-refractivity contribution in [2.24, 2.45) is 0 Å². The van der Waals surface area contributed by atoms with Crippen LogP contribution in [0.3, 0.4) is 0 Å². The average molecular weight is 384 g/mol. The van der Waals surface area contributed by atoms with E-state index in [9.17, 15) is 13.2 Å². The van der Waals surface area contributed by atoms with E-state index in [0.29, 0.717) is 31.8 Å². The standard InChI is InChI=1S/C18H29N3O4S/c1-20(2)12-10-19-26(23,24)17-9-6-7-15(13-17)18(22)21-11-5-4-8-16(21)14-25-3/h6-7,9,13,16,19H,4-5,8,10-12,14H2,1-3H3/t16-/m1/s1. The molecule has 26 heavy (non-hydrogen) atoms. The molecule has 0 aromatic heterocycles. The van der Waals surface area contributed by atoms with Crippen molar-refractivity contribution >= 4 is 15.9 Å². The number of rotatable bonds is 8. The largest absolute Gasteiger partial charge is 0.383 e. The van der Waals surface area contributed by atoms with E-state index in [2.05, 4.69) is 4.72 Å². The van der Waals surface area contributed by atoms with Crippen LogP contribution < -0.4 is 4.72 Å². The molecule has 1 atom stereocenters. The highest BCUT2D eigenvalue weighted by atomic mass is 32.2. The second-order valence-corrected chi connectivity index (χ2v) is 8.60. The Morgan fingerprint density at radius 1 is 1.35 bits per heavy atom. The minimum Gasteiger partial charge on any atom is -0.383 e. The number of methoxy groups -OCH3 is 1. The first-order valence-corrected chi connectivity index (χ1v) is 10.4. The van der Waals surface area contributed by atoms with Crippen LogP contribution in [0.2, 0.25) is 0 Å². The van der Waals surface area contributed by atoms with E-state index in [1.807, 2.05) is 19.0 Å². The second kappa shape index (κ2) is 9.45. The third-order valence-electron chi connectivity index (χ3n) is 4.49. The van der Waals surface area contributed by atoms with Crippen LogP contribution in [0.5, 0.6) is 0 Å². The lowest BCUT2D eigenvalue weighted by Crippen LogP contribution is -2.46. The molecule has 2 rings (SSSR count). The number of hydrogen-bond donors (Lipinski definition) is 1. The van der Waals surface area contributed by atoms with Gasteiger partial charge in [0.05, 0.1) is 17.5 Å². The lowest BCUT2D eigenvalue weighted by Gasteiger charge is -2.35. The van der Waals surface area contributed by atoms with Crippen LogP contribution in [-0.2, 0) is 14.8 Å². The first kappa shape index (κ1) is 20.8. The van der Waals surface area contributed by atoms with Crippen LogP contribution in [0.1, 0.15) is 29.6 Å². The molecule has 1 N–H and O–H groups in total.